The predicted molar refractivity (Wildman–Crippen MR) is 82.2 cm³/mol. The van der Waals surface area contributed by atoms with Crippen LogP contribution in [-0.4, -0.2) is 22.1 Å². The summed E-state index contributed by atoms with van der Waals surface area (Å²) in [4.78, 5) is 22.9. The molecular weight excluding hydrogens is 373 g/mol. The molecule has 2 aromatic carbocycles. The van der Waals surface area contributed by atoms with Gasteiger partial charge in [0.2, 0.25) is 0 Å². The second-order valence-electron chi connectivity index (χ2n) is 4.00. The maximum absolute atomic E-state index is 12.0. The minimum atomic E-state index is -1.13. The first-order valence-electron chi connectivity index (χ1n) is 5.60. The largest absolute Gasteiger partial charge is 0.506 e. The molecule has 0 saturated heterocycles. The van der Waals surface area contributed by atoms with Crippen molar-refractivity contribution in [3.63, 3.8) is 0 Å². The van der Waals surface area contributed by atoms with Crippen molar-refractivity contribution in [3.8, 4) is 5.75 Å². The lowest BCUT2D eigenvalue weighted by molar-refractivity contribution is 0.0696. The van der Waals surface area contributed by atoms with Crippen molar-refractivity contribution >= 4 is 40.2 Å². The fraction of sp³-hybridized carbons (Fsp3) is 0. The molecule has 20 heavy (non-hydrogen) atoms. The molecule has 2 rings (SSSR count). The van der Waals surface area contributed by atoms with E-state index in [9.17, 15) is 14.7 Å². The van der Waals surface area contributed by atoms with Crippen molar-refractivity contribution < 1.29 is 19.8 Å². The van der Waals surface area contributed by atoms with Crippen molar-refractivity contribution in [3.05, 3.63) is 57.2 Å². The molecule has 3 N–H and O–H groups in total. The average Bonchev–Trinajstić information content (AvgIpc) is 2.41. The van der Waals surface area contributed by atoms with Gasteiger partial charge >= 0.3 is 5.97 Å². The first-order valence-corrected chi connectivity index (χ1v) is 6.68. The van der Waals surface area contributed by atoms with Crippen LogP contribution < -0.4 is 5.32 Å². The Balaban J connectivity index is 2.27. The number of carbonyl (C=O) groups excluding carboxylic acids is 1. The van der Waals surface area contributed by atoms with E-state index in [2.05, 4.69) is 27.9 Å². The summed E-state index contributed by atoms with van der Waals surface area (Å²) in [5.74, 6) is -1.73. The Morgan fingerprint density at radius 1 is 1.05 bits per heavy atom. The zero-order valence-electron chi connectivity index (χ0n) is 10.1. The molecule has 0 aromatic heterocycles. The fourth-order valence-corrected chi connectivity index (χ4v) is 2.14. The highest BCUT2D eigenvalue weighted by Crippen LogP contribution is 2.25. The molecule has 0 radical (unpaired) electrons. The minimum Gasteiger partial charge on any atom is -0.506 e. The van der Waals surface area contributed by atoms with Crippen LogP contribution in [0.2, 0.25) is 0 Å². The number of anilines is 1. The number of carboxylic acids is 1. The molecule has 2 aromatic rings. The highest BCUT2D eigenvalue weighted by Gasteiger charge is 2.12. The summed E-state index contributed by atoms with van der Waals surface area (Å²) in [5.41, 5.74) is 0.478. The highest BCUT2D eigenvalue weighted by atomic mass is 127. The number of aromatic hydroxyl groups is 1. The van der Waals surface area contributed by atoms with E-state index >= 15 is 0 Å². The van der Waals surface area contributed by atoms with Gasteiger partial charge in [-0.15, -0.1) is 0 Å². The summed E-state index contributed by atoms with van der Waals surface area (Å²) >= 11 is 2.08. The highest BCUT2D eigenvalue weighted by molar-refractivity contribution is 14.1. The Morgan fingerprint density at radius 3 is 2.45 bits per heavy atom. The zero-order chi connectivity index (χ0) is 14.7. The van der Waals surface area contributed by atoms with Crippen molar-refractivity contribution in [1.82, 2.24) is 0 Å². The number of nitrogens with one attached hydrogen (secondary N) is 1. The number of aromatic carboxylic acids is 1. The number of benzene rings is 2. The van der Waals surface area contributed by atoms with Gasteiger partial charge in [-0.1, -0.05) is 6.07 Å². The third kappa shape index (κ3) is 3.27. The molecule has 0 aliphatic carbocycles. The summed E-state index contributed by atoms with van der Waals surface area (Å²) in [6, 6.07) is 10.6. The van der Waals surface area contributed by atoms with Gasteiger partial charge < -0.3 is 15.5 Å². The molecule has 0 heterocycles. The topological polar surface area (TPSA) is 86.6 Å². The van der Waals surface area contributed by atoms with Gasteiger partial charge in [-0.05, 0) is 59.0 Å². The van der Waals surface area contributed by atoms with Gasteiger partial charge in [0.1, 0.15) is 5.75 Å². The standard InChI is InChI=1S/C14H10INO4/c15-10-3-1-2-8(6-10)13(18)16-11-7-9(14(19)20)4-5-12(11)17/h1-7,17H,(H,16,18)(H,19,20). The fourth-order valence-electron chi connectivity index (χ4n) is 1.59. The van der Waals surface area contributed by atoms with Crippen molar-refractivity contribution in [2.24, 2.45) is 0 Å². The second-order valence-corrected chi connectivity index (χ2v) is 5.25. The van der Waals surface area contributed by atoms with Crippen LogP contribution in [0.1, 0.15) is 20.7 Å². The van der Waals surface area contributed by atoms with Gasteiger partial charge in [-0.3, -0.25) is 4.79 Å². The quantitative estimate of drug-likeness (QED) is 0.562. The number of halogens is 1. The number of carboxylic acid groups (broad SMARTS) is 1. The molecule has 6 heteroatoms. The number of carbonyl (C=O) groups is 2. The van der Waals surface area contributed by atoms with E-state index in [1.807, 2.05) is 6.07 Å². The number of amides is 1. The van der Waals surface area contributed by atoms with Gasteiger partial charge in [0.25, 0.3) is 5.91 Å². The summed E-state index contributed by atoms with van der Waals surface area (Å²) in [6.07, 6.45) is 0. The number of hydrogen-bond donors (Lipinski definition) is 3. The second kappa shape index (κ2) is 5.91. The van der Waals surface area contributed by atoms with E-state index in [0.29, 0.717) is 5.56 Å². The van der Waals surface area contributed by atoms with Crippen LogP contribution in [0.25, 0.3) is 0 Å². The number of phenols is 1. The molecule has 0 atom stereocenters. The number of rotatable bonds is 3. The van der Waals surface area contributed by atoms with Gasteiger partial charge in [0.05, 0.1) is 11.3 Å². The van der Waals surface area contributed by atoms with Crippen LogP contribution >= 0.6 is 22.6 Å². The minimum absolute atomic E-state index is 0.0132. The summed E-state index contributed by atoms with van der Waals surface area (Å²) in [5, 5.41) is 21.0. The molecule has 5 nitrogen and oxygen atoms in total. The van der Waals surface area contributed by atoms with Gasteiger partial charge in [-0.25, -0.2) is 4.79 Å². The van der Waals surface area contributed by atoms with Crippen molar-refractivity contribution in [2.75, 3.05) is 5.32 Å². The van der Waals surface area contributed by atoms with E-state index in [0.717, 1.165) is 3.57 Å². The molecular formula is C14H10INO4. The Morgan fingerprint density at radius 2 is 1.80 bits per heavy atom. The zero-order valence-corrected chi connectivity index (χ0v) is 12.3. The maximum Gasteiger partial charge on any atom is 0.335 e. The van der Waals surface area contributed by atoms with Gasteiger partial charge in [0.15, 0.2) is 0 Å². The molecule has 102 valence electrons. The van der Waals surface area contributed by atoms with Crippen LogP contribution in [0.4, 0.5) is 5.69 Å². The lowest BCUT2D eigenvalue weighted by atomic mass is 10.1. The normalized spacial score (nSPS) is 10.1. The van der Waals surface area contributed by atoms with E-state index in [1.165, 1.54) is 18.2 Å². The molecule has 0 unspecified atom stereocenters. The summed E-state index contributed by atoms with van der Waals surface area (Å²) in [6.45, 7) is 0. The first kappa shape index (κ1) is 14.3. The third-order valence-electron chi connectivity index (χ3n) is 2.58. The van der Waals surface area contributed by atoms with Gasteiger partial charge in [-0.2, -0.15) is 0 Å². The predicted octanol–water partition coefficient (Wildman–Crippen LogP) is 2.95. The first-order chi connectivity index (χ1) is 9.47. The smallest absolute Gasteiger partial charge is 0.335 e. The summed E-state index contributed by atoms with van der Waals surface area (Å²) < 4.78 is 0.902. The van der Waals surface area contributed by atoms with Crippen LogP contribution in [0.5, 0.6) is 5.75 Å². The molecule has 0 saturated carbocycles. The number of phenolic OH excluding ortho intramolecular Hbond substituents is 1. The molecule has 0 bridgehead atoms. The van der Waals surface area contributed by atoms with Gasteiger partial charge in [0, 0.05) is 9.13 Å². The van der Waals surface area contributed by atoms with Crippen LogP contribution in [0.3, 0.4) is 0 Å². The molecule has 0 spiro atoms. The Labute approximate surface area is 128 Å². The van der Waals surface area contributed by atoms with E-state index in [1.54, 1.807) is 18.2 Å². The SMILES string of the molecule is O=C(O)c1ccc(O)c(NC(=O)c2cccc(I)c2)c1. The van der Waals surface area contributed by atoms with Crippen molar-refractivity contribution in [1.29, 1.82) is 0 Å². The van der Waals surface area contributed by atoms with Crippen molar-refractivity contribution in [2.45, 2.75) is 0 Å². The number of hydrogen-bond acceptors (Lipinski definition) is 3. The van der Waals surface area contributed by atoms with Crippen LogP contribution in [-0.2, 0) is 0 Å². The monoisotopic (exact) mass is 383 g/mol. The van der Waals surface area contributed by atoms with E-state index in [4.69, 9.17) is 5.11 Å². The lowest BCUT2D eigenvalue weighted by Gasteiger charge is -2.08. The molecule has 0 aliphatic rings. The lowest BCUT2D eigenvalue weighted by Crippen LogP contribution is -2.12. The Bertz CT molecular complexity index is 685. The Kier molecular flexibility index (Phi) is 4.23. The third-order valence-corrected chi connectivity index (χ3v) is 3.25. The average molecular weight is 383 g/mol. The van der Waals surface area contributed by atoms with Crippen LogP contribution in [0.15, 0.2) is 42.5 Å². The summed E-state index contributed by atoms with van der Waals surface area (Å²) in [7, 11) is 0. The van der Waals surface area contributed by atoms with E-state index in [-0.39, 0.29) is 17.0 Å². The van der Waals surface area contributed by atoms with E-state index < -0.39 is 11.9 Å². The Hall–Kier alpha value is -2.09. The molecule has 0 aliphatic heterocycles. The maximum atomic E-state index is 12.0. The van der Waals surface area contributed by atoms with Crippen LogP contribution in [0, 0.1) is 3.57 Å². The molecule has 1 amide bonds. The molecule has 0 fully saturated rings.